The minimum atomic E-state index is -0.429. The number of hydrogen-bond donors (Lipinski definition) is 0. The van der Waals surface area contributed by atoms with Crippen LogP contribution in [0, 0.1) is 10.1 Å². The van der Waals surface area contributed by atoms with Crippen LogP contribution in [0.15, 0.2) is 65.7 Å². The summed E-state index contributed by atoms with van der Waals surface area (Å²) >= 11 is 0. The van der Waals surface area contributed by atoms with Gasteiger partial charge in [0.05, 0.1) is 23.8 Å². The van der Waals surface area contributed by atoms with E-state index in [1.807, 2.05) is 24.3 Å². The van der Waals surface area contributed by atoms with Crippen LogP contribution in [0.1, 0.15) is 38.2 Å². The van der Waals surface area contributed by atoms with Gasteiger partial charge in [-0.1, -0.05) is 6.58 Å². The number of nitrogens with zero attached hydrogens (tertiary/aromatic N) is 2. The van der Waals surface area contributed by atoms with Gasteiger partial charge in [-0.05, 0) is 74.6 Å². The normalized spacial score (nSPS) is 10.7. The van der Waals surface area contributed by atoms with Crippen LogP contribution in [0.2, 0.25) is 0 Å². The molecule has 7 heteroatoms. The van der Waals surface area contributed by atoms with E-state index in [1.165, 1.54) is 12.1 Å². The molecule has 7 nitrogen and oxygen atoms in total. The van der Waals surface area contributed by atoms with Gasteiger partial charge in [0.1, 0.15) is 5.75 Å². The first-order chi connectivity index (χ1) is 14.5. The minimum Gasteiger partial charge on any atom is -0.494 e. The number of ether oxygens (including phenoxy) is 2. The third-order valence-electron chi connectivity index (χ3n) is 4.19. The van der Waals surface area contributed by atoms with Crippen molar-refractivity contribution in [2.24, 2.45) is 4.99 Å². The van der Waals surface area contributed by atoms with Crippen molar-refractivity contribution in [2.45, 2.75) is 32.6 Å². The zero-order chi connectivity index (χ0) is 21.8. The molecule has 30 heavy (non-hydrogen) atoms. The number of non-ortho nitro benzene ring substituents is 1. The third kappa shape index (κ3) is 8.26. The van der Waals surface area contributed by atoms with Crippen LogP contribution in [0.4, 0.5) is 11.4 Å². The Labute approximate surface area is 176 Å². The largest absolute Gasteiger partial charge is 0.494 e. The molecule has 0 unspecified atom stereocenters. The van der Waals surface area contributed by atoms with Crippen molar-refractivity contribution in [1.29, 1.82) is 0 Å². The number of benzene rings is 2. The van der Waals surface area contributed by atoms with Crippen LogP contribution < -0.4 is 4.74 Å². The van der Waals surface area contributed by atoms with Crippen molar-refractivity contribution >= 4 is 23.6 Å². The molecular formula is C23H26N2O5. The van der Waals surface area contributed by atoms with E-state index < -0.39 is 4.92 Å². The zero-order valence-electron chi connectivity index (χ0n) is 17.1. The second-order valence-electron chi connectivity index (χ2n) is 6.78. The summed E-state index contributed by atoms with van der Waals surface area (Å²) in [5.74, 6) is 0.443. The van der Waals surface area contributed by atoms with Crippen molar-refractivity contribution < 1.29 is 19.2 Å². The smallest absolute Gasteiger partial charge is 0.333 e. The van der Waals surface area contributed by atoms with Crippen LogP contribution >= 0.6 is 0 Å². The first-order valence-corrected chi connectivity index (χ1v) is 9.80. The molecule has 0 aliphatic rings. The Morgan fingerprint density at radius 3 is 2.27 bits per heavy atom. The van der Waals surface area contributed by atoms with Crippen molar-refractivity contribution in [3.05, 3.63) is 76.4 Å². The van der Waals surface area contributed by atoms with Gasteiger partial charge in [0.15, 0.2) is 0 Å². The number of nitro benzene ring substituents is 1. The topological polar surface area (TPSA) is 91.0 Å². The molecule has 0 radical (unpaired) electrons. The lowest BCUT2D eigenvalue weighted by Gasteiger charge is -2.07. The van der Waals surface area contributed by atoms with Crippen molar-refractivity contribution in [3.8, 4) is 5.75 Å². The van der Waals surface area contributed by atoms with Crippen molar-refractivity contribution in [2.75, 3.05) is 13.2 Å². The predicted molar refractivity (Wildman–Crippen MR) is 117 cm³/mol. The van der Waals surface area contributed by atoms with E-state index >= 15 is 0 Å². The predicted octanol–water partition coefficient (Wildman–Crippen LogP) is 5.40. The molecule has 2 aromatic carbocycles. The number of unbranched alkanes of at least 4 members (excludes halogenated alkanes) is 3. The van der Waals surface area contributed by atoms with E-state index in [4.69, 9.17) is 9.47 Å². The summed E-state index contributed by atoms with van der Waals surface area (Å²) in [5.41, 5.74) is 2.03. The van der Waals surface area contributed by atoms with E-state index in [0.717, 1.165) is 42.7 Å². The van der Waals surface area contributed by atoms with Crippen LogP contribution in [0.5, 0.6) is 5.75 Å². The second-order valence-corrected chi connectivity index (χ2v) is 6.78. The van der Waals surface area contributed by atoms with Crippen LogP contribution in [0.3, 0.4) is 0 Å². The number of carbonyl (C=O) groups excluding carboxylic acids is 1. The molecular weight excluding hydrogens is 384 g/mol. The lowest BCUT2D eigenvalue weighted by Crippen LogP contribution is -2.06. The number of rotatable bonds is 12. The van der Waals surface area contributed by atoms with Crippen molar-refractivity contribution in [1.82, 2.24) is 0 Å². The van der Waals surface area contributed by atoms with Gasteiger partial charge in [0, 0.05) is 23.9 Å². The molecule has 0 aliphatic carbocycles. The molecule has 0 N–H and O–H groups in total. The maximum absolute atomic E-state index is 11.2. The summed E-state index contributed by atoms with van der Waals surface area (Å²) in [7, 11) is 0. The highest BCUT2D eigenvalue weighted by atomic mass is 16.6. The van der Waals surface area contributed by atoms with Gasteiger partial charge in [0.25, 0.3) is 5.69 Å². The molecule has 0 aromatic heterocycles. The highest BCUT2D eigenvalue weighted by Gasteiger charge is 2.03. The van der Waals surface area contributed by atoms with Gasteiger partial charge >= 0.3 is 5.97 Å². The van der Waals surface area contributed by atoms with Gasteiger partial charge in [0.2, 0.25) is 0 Å². The maximum atomic E-state index is 11.2. The minimum absolute atomic E-state index is 0.0554. The summed E-state index contributed by atoms with van der Waals surface area (Å²) in [6.45, 7) is 6.23. The standard InChI is InChI=1S/C23H26N2O5/c1-18(2)23(26)30-16-6-4-3-5-15-29-22-13-9-20(10-14-22)24-17-19-7-11-21(12-8-19)25(27)28/h7-14,17H,1,3-6,15-16H2,2H3. The van der Waals surface area contributed by atoms with Gasteiger partial charge < -0.3 is 9.47 Å². The molecule has 0 aliphatic heterocycles. The summed E-state index contributed by atoms with van der Waals surface area (Å²) in [4.78, 5) is 25.8. The van der Waals surface area contributed by atoms with E-state index in [1.54, 1.807) is 25.3 Å². The first kappa shape index (κ1) is 22.8. The van der Waals surface area contributed by atoms with E-state index in [0.29, 0.717) is 18.8 Å². The number of nitro groups is 1. The summed E-state index contributed by atoms with van der Waals surface area (Å²) in [5, 5.41) is 10.7. The fourth-order valence-corrected chi connectivity index (χ4v) is 2.50. The van der Waals surface area contributed by atoms with Crippen molar-refractivity contribution in [3.63, 3.8) is 0 Å². The molecule has 2 aromatic rings. The molecule has 0 atom stereocenters. The summed E-state index contributed by atoms with van der Waals surface area (Å²) < 4.78 is 10.8. The molecule has 0 heterocycles. The van der Waals surface area contributed by atoms with Crippen LogP contribution in [-0.2, 0) is 9.53 Å². The van der Waals surface area contributed by atoms with Crippen LogP contribution in [-0.4, -0.2) is 30.3 Å². The van der Waals surface area contributed by atoms with E-state index in [9.17, 15) is 14.9 Å². The molecule has 0 fully saturated rings. The molecule has 0 saturated heterocycles. The molecule has 0 spiro atoms. The number of hydrogen-bond acceptors (Lipinski definition) is 6. The SMILES string of the molecule is C=C(C)C(=O)OCCCCCCOc1ccc(N=Cc2ccc([N+](=O)[O-])cc2)cc1. The highest BCUT2D eigenvalue weighted by Crippen LogP contribution is 2.19. The quantitative estimate of drug-likeness (QED) is 0.117. The fourth-order valence-electron chi connectivity index (χ4n) is 2.50. The lowest BCUT2D eigenvalue weighted by molar-refractivity contribution is -0.384. The summed E-state index contributed by atoms with van der Waals surface area (Å²) in [6, 6.07) is 13.6. The number of esters is 1. The molecule has 0 amide bonds. The Kier molecular flexibility index (Phi) is 9.24. The molecule has 2 rings (SSSR count). The van der Waals surface area contributed by atoms with Gasteiger partial charge in [-0.15, -0.1) is 0 Å². The van der Waals surface area contributed by atoms with Crippen LogP contribution in [0.25, 0.3) is 0 Å². The maximum Gasteiger partial charge on any atom is 0.333 e. The first-order valence-electron chi connectivity index (χ1n) is 9.80. The highest BCUT2D eigenvalue weighted by molar-refractivity contribution is 5.86. The molecule has 0 saturated carbocycles. The third-order valence-corrected chi connectivity index (χ3v) is 4.19. The van der Waals surface area contributed by atoms with Gasteiger partial charge in [-0.25, -0.2) is 4.79 Å². The lowest BCUT2D eigenvalue weighted by atomic mass is 10.2. The van der Waals surface area contributed by atoms with Gasteiger partial charge in [-0.3, -0.25) is 15.1 Å². The average Bonchev–Trinajstić information content (AvgIpc) is 2.75. The molecule has 0 bridgehead atoms. The monoisotopic (exact) mass is 410 g/mol. The summed E-state index contributed by atoms with van der Waals surface area (Å²) in [6.07, 6.45) is 5.40. The Morgan fingerprint density at radius 1 is 1.03 bits per heavy atom. The Balaban J connectivity index is 1.64. The average molecular weight is 410 g/mol. The number of carbonyl (C=O) groups is 1. The Morgan fingerprint density at radius 2 is 1.67 bits per heavy atom. The molecule has 158 valence electrons. The Bertz CT molecular complexity index is 873. The number of aliphatic imine (C=N–C) groups is 1. The second kappa shape index (κ2) is 12.2. The van der Waals surface area contributed by atoms with E-state index in [-0.39, 0.29) is 11.7 Å². The Hall–Kier alpha value is -3.48. The fraction of sp³-hybridized carbons (Fsp3) is 0.304. The zero-order valence-corrected chi connectivity index (χ0v) is 17.1. The van der Waals surface area contributed by atoms with E-state index in [2.05, 4.69) is 11.6 Å². The van der Waals surface area contributed by atoms with Gasteiger partial charge in [-0.2, -0.15) is 0 Å².